The Morgan fingerprint density at radius 3 is 2.63 bits per heavy atom. The van der Waals surface area contributed by atoms with Crippen LogP contribution in [0.5, 0.6) is 5.75 Å². The van der Waals surface area contributed by atoms with E-state index in [1.54, 1.807) is 31.4 Å². The topological polar surface area (TPSA) is 62.6 Å². The zero-order chi connectivity index (χ0) is 21.3. The third kappa shape index (κ3) is 3.48. The molecule has 5 nitrogen and oxygen atoms in total. The Bertz CT molecular complexity index is 1040. The second kappa shape index (κ2) is 7.97. The molecule has 4 rings (SSSR count). The van der Waals surface area contributed by atoms with Gasteiger partial charge in [-0.05, 0) is 80.9 Å². The largest absolute Gasteiger partial charge is 0.496 e. The molecule has 1 aliphatic carbocycles. The molecule has 0 bridgehead atoms. The van der Waals surface area contributed by atoms with Gasteiger partial charge in [0.15, 0.2) is 0 Å². The van der Waals surface area contributed by atoms with Crippen LogP contribution < -0.4 is 4.74 Å². The molecule has 1 fully saturated rings. The lowest BCUT2D eigenvalue weighted by molar-refractivity contribution is 0.0593. The summed E-state index contributed by atoms with van der Waals surface area (Å²) in [6.07, 6.45) is 4.85. The van der Waals surface area contributed by atoms with E-state index in [1.165, 1.54) is 5.56 Å². The number of allylic oxidation sites excluding steroid dienone is 1. The average Bonchev–Trinajstić information content (AvgIpc) is 3.11. The van der Waals surface area contributed by atoms with E-state index >= 15 is 0 Å². The van der Waals surface area contributed by atoms with Crippen molar-refractivity contribution >= 4 is 5.97 Å². The number of aryl methyl sites for hydroxylation is 1. The molecule has 154 valence electrons. The molecular weight excluding hydrogens is 376 g/mol. The highest BCUT2D eigenvalue weighted by Gasteiger charge is 2.48. The zero-order valence-corrected chi connectivity index (χ0v) is 17.6. The molecule has 1 heterocycles. The number of methoxy groups -OCH3 is 1. The first kappa shape index (κ1) is 20.2. The number of esters is 1. The number of likely N-dealkylation sites (tertiary alicyclic amines) is 1. The number of carbonyl (C=O) groups excluding carboxylic acids is 1. The first-order chi connectivity index (χ1) is 14.5. The molecule has 0 N–H and O–H groups in total. The molecular formula is C25H26N2O3. The van der Waals surface area contributed by atoms with E-state index in [1.807, 2.05) is 0 Å². The number of rotatable bonds is 4. The summed E-state index contributed by atoms with van der Waals surface area (Å²) in [5.41, 5.74) is 3.47. The van der Waals surface area contributed by atoms with Gasteiger partial charge in [-0.2, -0.15) is 5.26 Å². The van der Waals surface area contributed by atoms with Crippen LogP contribution in [0, 0.1) is 18.3 Å². The fourth-order valence-electron chi connectivity index (χ4n) is 4.84. The van der Waals surface area contributed by atoms with Gasteiger partial charge in [0.25, 0.3) is 0 Å². The lowest BCUT2D eigenvalue weighted by atomic mass is 9.68. The van der Waals surface area contributed by atoms with E-state index < -0.39 is 0 Å². The SMILES string of the molecule is COc1ccc([C@@]23CCC(OC(=O)c4ccc(C#N)cc4)=C[C@@H]2N(C)CC3)cc1C. The number of fused-ring (bicyclic) bond motifs is 1. The Morgan fingerprint density at radius 1 is 1.20 bits per heavy atom. The molecule has 2 atom stereocenters. The number of ether oxygens (including phenoxy) is 2. The summed E-state index contributed by atoms with van der Waals surface area (Å²) in [5, 5.41) is 8.92. The van der Waals surface area contributed by atoms with Crippen LogP contribution in [-0.4, -0.2) is 37.6 Å². The van der Waals surface area contributed by atoms with Crippen molar-refractivity contribution in [1.82, 2.24) is 4.90 Å². The van der Waals surface area contributed by atoms with E-state index in [9.17, 15) is 4.79 Å². The molecule has 0 unspecified atom stereocenters. The molecule has 2 aromatic carbocycles. The Balaban J connectivity index is 1.58. The zero-order valence-electron chi connectivity index (χ0n) is 17.6. The van der Waals surface area contributed by atoms with Crippen molar-refractivity contribution in [3.8, 4) is 11.8 Å². The van der Waals surface area contributed by atoms with E-state index in [2.05, 4.69) is 49.2 Å². The summed E-state index contributed by atoms with van der Waals surface area (Å²) in [6, 6.07) is 15.3. The Labute approximate surface area is 177 Å². The number of hydrogen-bond donors (Lipinski definition) is 0. The molecule has 0 radical (unpaired) electrons. The highest BCUT2D eigenvalue weighted by Crippen LogP contribution is 2.48. The molecule has 1 aliphatic heterocycles. The van der Waals surface area contributed by atoms with E-state index in [0.717, 1.165) is 42.9 Å². The van der Waals surface area contributed by atoms with Gasteiger partial charge in [0.1, 0.15) is 11.5 Å². The molecule has 0 aromatic heterocycles. The first-order valence-corrected chi connectivity index (χ1v) is 10.3. The quantitative estimate of drug-likeness (QED) is 0.712. The fourth-order valence-corrected chi connectivity index (χ4v) is 4.84. The minimum Gasteiger partial charge on any atom is -0.496 e. The van der Waals surface area contributed by atoms with Crippen molar-refractivity contribution in [2.24, 2.45) is 0 Å². The van der Waals surface area contributed by atoms with Crippen LogP contribution in [0.2, 0.25) is 0 Å². The normalized spacial score (nSPS) is 23.3. The third-order valence-corrected chi connectivity index (χ3v) is 6.56. The van der Waals surface area contributed by atoms with E-state index in [4.69, 9.17) is 14.7 Å². The average molecular weight is 402 g/mol. The summed E-state index contributed by atoms with van der Waals surface area (Å²) in [4.78, 5) is 14.9. The van der Waals surface area contributed by atoms with Crippen molar-refractivity contribution in [3.05, 3.63) is 76.6 Å². The number of nitrogens with zero attached hydrogens (tertiary/aromatic N) is 2. The number of hydrogen-bond acceptors (Lipinski definition) is 5. The van der Waals surface area contributed by atoms with Crippen molar-refractivity contribution < 1.29 is 14.3 Å². The van der Waals surface area contributed by atoms with E-state index in [0.29, 0.717) is 11.1 Å². The van der Waals surface area contributed by atoms with Gasteiger partial charge in [-0.3, -0.25) is 4.90 Å². The monoisotopic (exact) mass is 402 g/mol. The summed E-state index contributed by atoms with van der Waals surface area (Å²) >= 11 is 0. The second-order valence-electron chi connectivity index (χ2n) is 8.23. The summed E-state index contributed by atoms with van der Waals surface area (Å²) in [6.45, 7) is 3.08. The van der Waals surface area contributed by atoms with Crippen molar-refractivity contribution in [3.63, 3.8) is 0 Å². The minimum atomic E-state index is -0.376. The molecule has 0 spiro atoms. The molecule has 30 heavy (non-hydrogen) atoms. The Morgan fingerprint density at radius 2 is 1.97 bits per heavy atom. The maximum absolute atomic E-state index is 12.6. The predicted octanol–water partition coefficient (Wildman–Crippen LogP) is 4.35. The first-order valence-electron chi connectivity index (χ1n) is 10.3. The summed E-state index contributed by atoms with van der Waals surface area (Å²) in [7, 11) is 3.83. The second-order valence-corrected chi connectivity index (χ2v) is 8.23. The molecule has 0 amide bonds. The van der Waals surface area contributed by atoms with Gasteiger partial charge in [0.2, 0.25) is 0 Å². The van der Waals surface area contributed by atoms with Gasteiger partial charge in [-0.1, -0.05) is 12.1 Å². The third-order valence-electron chi connectivity index (χ3n) is 6.56. The van der Waals surface area contributed by atoms with Gasteiger partial charge < -0.3 is 9.47 Å². The lowest BCUT2D eigenvalue weighted by Crippen LogP contribution is -2.42. The fraction of sp³-hybridized carbons (Fsp3) is 0.360. The van der Waals surface area contributed by atoms with Crippen LogP contribution >= 0.6 is 0 Å². The standard InChI is InChI=1S/C25H26N2O3/c1-17-14-20(8-9-22(17)29-3)25-11-10-21(15-23(25)27(2)13-12-25)30-24(28)19-6-4-18(16-26)5-7-19/h4-9,14-15,23H,10-13H2,1-3H3/t23-,25-/m0/s1. The minimum absolute atomic E-state index is 0.0239. The summed E-state index contributed by atoms with van der Waals surface area (Å²) in [5.74, 6) is 1.25. The predicted molar refractivity (Wildman–Crippen MR) is 114 cm³/mol. The van der Waals surface area contributed by atoms with E-state index in [-0.39, 0.29) is 17.4 Å². The molecule has 5 heteroatoms. The molecule has 1 saturated heterocycles. The van der Waals surface area contributed by atoms with Crippen LogP contribution in [0.1, 0.15) is 46.3 Å². The van der Waals surface area contributed by atoms with Gasteiger partial charge in [0, 0.05) is 17.9 Å². The van der Waals surface area contributed by atoms with Crippen molar-refractivity contribution in [2.45, 2.75) is 37.6 Å². The molecule has 2 aliphatic rings. The smallest absolute Gasteiger partial charge is 0.343 e. The Hall–Kier alpha value is -3.10. The van der Waals surface area contributed by atoms with Crippen molar-refractivity contribution in [2.75, 3.05) is 20.7 Å². The van der Waals surface area contributed by atoms with Gasteiger partial charge >= 0.3 is 5.97 Å². The van der Waals surface area contributed by atoms with Crippen LogP contribution in [0.25, 0.3) is 0 Å². The summed E-state index contributed by atoms with van der Waals surface area (Å²) < 4.78 is 11.2. The van der Waals surface area contributed by atoms with Crippen LogP contribution in [0.15, 0.2) is 54.3 Å². The number of likely N-dealkylation sites (N-methyl/N-ethyl adjacent to an activating group) is 1. The highest BCUT2D eigenvalue weighted by atomic mass is 16.5. The van der Waals surface area contributed by atoms with Crippen LogP contribution in [0.3, 0.4) is 0 Å². The molecule has 2 aromatic rings. The van der Waals surface area contributed by atoms with Crippen molar-refractivity contribution in [1.29, 1.82) is 5.26 Å². The van der Waals surface area contributed by atoms with Gasteiger partial charge in [-0.15, -0.1) is 0 Å². The lowest BCUT2D eigenvalue weighted by Gasteiger charge is -2.40. The Kier molecular flexibility index (Phi) is 5.36. The maximum atomic E-state index is 12.6. The maximum Gasteiger partial charge on any atom is 0.343 e. The van der Waals surface area contributed by atoms with Crippen LogP contribution in [0.4, 0.5) is 0 Å². The number of carbonyl (C=O) groups is 1. The molecule has 0 saturated carbocycles. The van der Waals surface area contributed by atoms with Gasteiger partial charge in [0.05, 0.1) is 24.3 Å². The van der Waals surface area contributed by atoms with Gasteiger partial charge in [-0.25, -0.2) is 4.79 Å². The number of nitriles is 1. The number of benzene rings is 2. The highest BCUT2D eigenvalue weighted by molar-refractivity contribution is 5.90. The van der Waals surface area contributed by atoms with Crippen LogP contribution in [-0.2, 0) is 10.2 Å².